The van der Waals surface area contributed by atoms with Crippen molar-refractivity contribution in [3.63, 3.8) is 0 Å². The van der Waals surface area contributed by atoms with E-state index in [9.17, 15) is 0 Å². The molecule has 1 nitrogen and oxygen atoms in total. The molecular weight excluding hydrogens is 258 g/mol. The second-order valence-electron chi connectivity index (χ2n) is 3.22. The lowest BCUT2D eigenvalue weighted by molar-refractivity contribution is 0.601. The van der Waals surface area contributed by atoms with E-state index in [2.05, 4.69) is 58.7 Å². The van der Waals surface area contributed by atoms with E-state index in [1.165, 1.54) is 11.3 Å². The maximum absolute atomic E-state index is 3.48. The second-order valence-corrected chi connectivity index (χ2v) is 5.12. The number of hydrogen-bond acceptors (Lipinski definition) is 2. The monoisotopic (exact) mass is 273 g/mol. The molecule has 14 heavy (non-hydrogen) atoms. The van der Waals surface area contributed by atoms with Crippen molar-refractivity contribution in [2.24, 2.45) is 0 Å². The molecule has 1 N–H and O–H groups in total. The average molecular weight is 274 g/mol. The minimum Gasteiger partial charge on any atom is -0.309 e. The largest absolute Gasteiger partial charge is 0.309 e. The molecule has 0 bridgehead atoms. The molecule has 0 radical (unpaired) electrons. The summed E-state index contributed by atoms with van der Waals surface area (Å²) < 4.78 is 1.14. The van der Waals surface area contributed by atoms with Crippen LogP contribution in [-0.4, -0.2) is 18.6 Å². The van der Waals surface area contributed by atoms with Gasteiger partial charge >= 0.3 is 0 Å². The van der Waals surface area contributed by atoms with Crippen molar-refractivity contribution in [2.75, 3.05) is 18.6 Å². The normalized spacial score (nSPS) is 12.8. The van der Waals surface area contributed by atoms with E-state index in [0.717, 1.165) is 11.0 Å². The highest BCUT2D eigenvalue weighted by molar-refractivity contribution is 9.10. The second kappa shape index (κ2) is 6.49. The maximum Gasteiger partial charge on any atom is 0.0292 e. The van der Waals surface area contributed by atoms with Gasteiger partial charge in [0.25, 0.3) is 0 Å². The third-order valence-corrected chi connectivity index (χ3v) is 3.27. The molecule has 0 amide bonds. The zero-order valence-electron chi connectivity index (χ0n) is 8.59. The summed E-state index contributed by atoms with van der Waals surface area (Å²) in [4.78, 5) is 0. The first-order valence-electron chi connectivity index (χ1n) is 4.72. The Labute approximate surface area is 98.8 Å². The zero-order valence-corrected chi connectivity index (χ0v) is 11.0. The van der Waals surface area contributed by atoms with Crippen LogP contribution in [0, 0.1) is 0 Å². The zero-order chi connectivity index (χ0) is 10.4. The number of thioether (sulfide) groups is 1. The van der Waals surface area contributed by atoms with E-state index in [1.54, 1.807) is 0 Å². The van der Waals surface area contributed by atoms with Crippen LogP contribution >= 0.6 is 27.7 Å². The summed E-state index contributed by atoms with van der Waals surface area (Å²) in [7, 11) is 0. The van der Waals surface area contributed by atoms with Crippen LogP contribution in [0.25, 0.3) is 0 Å². The van der Waals surface area contributed by atoms with E-state index >= 15 is 0 Å². The molecule has 1 aromatic rings. The van der Waals surface area contributed by atoms with Crippen LogP contribution in [0.1, 0.15) is 18.5 Å². The van der Waals surface area contributed by atoms with Gasteiger partial charge in [0.1, 0.15) is 0 Å². The SMILES string of the molecule is CSCCNC(C)c1ccc(Br)cc1. The van der Waals surface area contributed by atoms with E-state index in [1.807, 2.05) is 11.8 Å². The van der Waals surface area contributed by atoms with Crippen LogP contribution in [0.4, 0.5) is 0 Å². The molecule has 0 aliphatic heterocycles. The van der Waals surface area contributed by atoms with Gasteiger partial charge < -0.3 is 5.32 Å². The molecule has 0 aliphatic carbocycles. The van der Waals surface area contributed by atoms with Crippen LogP contribution in [0.3, 0.4) is 0 Å². The Morgan fingerprint density at radius 2 is 2.00 bits per heavy atom. The van der Waals surface area contributed by atoms with Crippen LogP contribution in [-0.2, 0) is 0 Å². The lowest BCUT2D eigenvalue weighted by atomic mass is 10.1. The molecule has 0 aromatic heterocycles. The van der Waals surface area contributed by atoms with Gasteiger partial charge in [-0.2, -0.15) is 11.8 Å². The highest BCUT2D eigenvalue weighted by atomic mass is 79.9. The summed E-state index contributed by atoms with van der Waals surface area (Å²) in [5, 5.41) is 3.48. The van der Waals surface area contributed by atoms with E-state index in [0.29, 0.717) is 6.04 Å². The predicted molar refractivity (Wildman–Crippen MR) is 68.9 cm³/mol. The van der Waals surface area contributed by atoms with Crippen LogP contribution < -0.4 is 5.32 Å². The standard InChI is InChI=1S/C11H16BrNS/c1-9(13-7-8-14-2)10-3-5-11(12)6-4-10/h3-6,9,13H,7-8H2,1-2H3. The highest BCUT2D eigenvalue weighted by Crippen LogP contribution is 2.16. The Kier molecular flexibility index (Phi) is 5.60. The van der Waals surface area contributed by atoms with Gasteiger partial charge in [0.05, 0.1) is 0 Å². The minimum absolute atomic E-state index is 0.440. The molecule has 0 fully saturated rings. The predicted octanol–water partition coefficient (Wildman–Crippen LogP) is 3.46. The molecule has 1 rings (SSSR count). The van der Waals surface area contributed by atoms with Gasteiger partial charge in [-0.05, 0) is 30.9 Å². The van der Waals surface area contributed by atoms with Crippen LogP contribution in [0.5, 0.6) is 0 Å². The molecule has 0 spiro atoms. The van der Waals surface area contributed by atoms with Gasteiger partial charge in [-0.25, -0.2) is 0 Å². The van der Waals surface area contributed by atoms with Crippen molar-refractivity contribution in [3.8, 4) is 0 Å². The molecule has 78 valence electrons. The highest BCUT2D eigenvalue weighted by Gasteiger charge is 2.02. The van der Waals surface area contributed by atoms with Crippen molar-refractivity contribution in [1.29, 1.82) is 0 Å². The van der Waals surface area contributed by atoms with E-state index in [4.69, 9.17) is 0 Å². The first-order valence-corrected chi connectivity index (χ1v) is 6.90. The Hall–Kier alpha value is 0.01000. The summed E-state index contributed by atoms with van der Waals surface area (Å²) >= 11 is 5.31. The lowest BCUT2D eigenvalue weighted by Crippen LogP contribution is -2.21. The first kappa shape index (κ1) is 12.1. The van der Waals surface area contributed by atoms with Crippen molar-refractivity contribution in [1.82, 2.24) is 5.32 Å². The summed E-state index contributed by atoms with van der Waals surface area (Å²) in [5.74, 6) is 1.17. The lowest BCUT2D eigenvalue weighted by Gasteiger charge is -2.13. The van der Waals surface area contributed by atoms with Gasteiger partial charge in [0, 0.05) is 22.8 Å². The van der Waals surface area contributed by atoms with Crippen molar-refractivity contribution in [2.45, 2.75) is 13.0 Å². The number of benzene rings is 1. The van der Waals surface area contributed by atoms with E-state index in [-0.39, 0.29) is 0 Å². The molecular formula is C11H16BrNS. The molecule has 0 saturated heterocycles. The van der Waals surface area contributed by atoms with E-state index < -0.39 is 0 Å². The number of rotatable bonds is 5. The number of halogens is 1. The summed E-state index contributed by atoms with van der Waals surface area (Å²) in [6.45, 7) is 3.27. The third kappa shape index (κ3) is 4.03. The summed E-state index contributed by atoms with van der Waals surface area (Å²) in [6, 6.07) is 8.92. The van der Waals surface area contributed by atoms with Crippen LogP contribution in [0.15, 0.2) is 28.7 Å². The molecule has 0 heterocycles. The fraction of sp³-hybridized carbons (Fsp3) is 0.455. The first-order chi connectivity index (χ1) is 6.74. The Balaban J connectivity index is 2.43. The topological polar surface area (TPSA) is 12.0 Å². The van der Waals surface area contributed by atoms with Crippen molar-refractivity contribution in [3.05, 3.63) is 34.3 Å². The minimum atomic E-state index is 0.440. The van der Waals surface area contributed by atoms with Gasteiger partial charge in [-0.1, -0.05) is 28.1 Å². The quantitative estimate of drug-likeness (QED) is 0.825. The van der Waals surface area contributed by atoms with Crippen LogP contribution in [0.2, 0.25) is 0 Å². The molecule has 0 saturated carbocycles. The van der Waals surface area contributed by atoms with Gasteiger partial charge in [0.15, 0.2) is 0 Å². The molecule has 1 atom stereocenters. The summed E-state index contributed by atoms with van der Waals surface area (Å²) in [6.07, 6.45) is 2.13. The molecule has 1 aromatic carbocycles. The molecule has 1 unspecified atom stereocenters. The third-order valence-electron chi connectivity index (χ3n) is 2.13. The average Bonchev–Trinajstić information content (AvgIpc) is 2.19. The Morgan fingerprint density at radius 1 is 1.36 bits per heavy atom. The number of nitrogens with one attached hydrogen (secondary N) is 1. The van der Waals surface area contributed by atoms with Crippen molar-refractivity contribution >= 4 is 27.7 Å². The summed E-state index contributed by atoms with van der Waals surface area (Å²) in [5.41, 5.74) is 1.34. The molecule has 0 aliphatic rings. The Bertz CT molecular complexity index is 260. The molecule has 3 heteroatoms. The fourth-order valence-electron chi connectivity index (χ4n) is 1.25. The van der Waals surface area contributed by atoms with Gasteiger partial charge in [0.2, 0.25) is 0 Å². The fourth-order valence-corrected chi connectivity index (χ4v) is 1.83. The Morgan fingerprint density at radius 3 is 2.57 bits per heavy atom. The number of hydrogen-bond donors (Lipinski definition) is 1. The van der Waals surface area contributed by atoms with Gasteiger partial charge in [-0.3, -0.25) is 0 Å². The maximum atomic E-state index is 3.48. The van der Waals surface area contributed by atoms with Gasteiger partial charge in [-0.15, -0.1) is 0 Å². The smallest absolute Gasteiger partial charge is 0.0292 e. The van der Waals surface area contributed by atoms with Crippen molar-refractivity contribution < 1.29 is 0 Å².